The lowest BCUT2D eigenvalue weighted by Crippen LogP contribution is -2.28. The Bertz CT molecular complexity index is 2060. The summed E-state index contributed by atoms with van der Waals surface area (Å²) in [4.78, 5) is 46.7. The fourth-order valence-corrected chi connectivity index (χ4v) is 7.81. The van der Waals surface area contributed by atoms with Crippen molar-refractivity contribution in [3.8, 4) is 46.0 Å². The highest BCUT2D eigenvalue weighted by Crippen LogP contribution is 2.39. The summed E-state index contributed by atoms with van der Waals surface area (Å²) >= 11 is 0. The van der Waals surface area contributed by atoms with Crippen molar-refractivity contribution >= 4 is 23.9 Å². The fourth-order valence-electron chi connectivity index (χ4n) is 7.81. The average Bonchev–Trinajstić information content (AvgIpc) is 4.06. The molecule has 0 amide bonds. The van der Waals surface area contributed by atoms with E-state index in [0.29, 0.717) is 58.8 Å². The molecule has 0 aromatic heterocycles. The van der Waals surface area contributed by atoms with Crippen molar-refractivity contribution in [2.75, 3.05) is 27.2 Å². The molecule has 16 nitrogen and oxygen atoms in total. The van der Waals surface area contributed by atoms with Gasteiger partial charge in [-0.25, -0.2) is 0 Å². The van der Waals surface area contributed by atoms with Gasteiger partial charge in [0.25, 0.3) is 0 Å². The smallest absolute Gasteiger partial charge is 0.307 e. The topological polar surface area (TPSA) is 223 Å². The quantitative estimate of drug-likeness (QED) is 0.0874. The SMILES string of the molecule is O=C(O)CC[C@@H](Cc1ccc2c(c1)OCO2)[C@H](Cc1ccc2c(c1)OCO2)C(=O)O.O=C(O)CC[C@H](Cc1ccc2c(c1)OCO2)[C@@H](Cc1ccc2c(c1)OCO2)C(=O)O. The van der Waals surface area contributed by atoms with Gasteiger partial charge in [-0.3, -0.25) is 19.2 Å². The lowest BCUT2D eigenvalue weighted by atomic mass is 9.80. The third kappa shape index (κ3) is 10.4. The van der Waals surface area contributed by atoms with Crippen molar-refractivity contribution in [1.82, 2.24) is 0 Å². The number of carboxylic acid groups (broad SMARTS) is 4. The molecule has 4 aliphatic heterocycles. The Hall–Kier alpha value is -6.84. The predicted octanol–water partition coefficient (Wildman–Crippen LogP) is 6.22. The molecule has 0 unspecified atom stereocenters. The van der Waals surface area contributed by atoms with Gasteiger partial charge in [0.15, 0.2) is 46.0 Å². The molecule has 0 fully saturated rings. The van der Waals surface area contributed by atoms with Gasteiger partial charge in [-0.2, -0.15) is 0 Å². The van der Waals surface area contributed by atoms with Gasteiger partial charge in [-0.05, 0) is 121 Å². The molecule has 4 N–H and O–H groups in total. The monoisotopic (exact) mass is 828 g/mol. The molecule has 60 heavy (non-hydrogen) atoms. The summed E-state index contributed by atoms with van der Waals surface area (Å²) in [5.41, 5.74) is 3.37. The van der Waals surface area contributed by atoms with Gasteiger partial charge >= 0.3 is 23.9 Å². The van der Waals surface area contributed by atoms with Gasteiger partial charge in [-0.15, -0.1) is 0 Å². The summed E-state index contributed by atoms with van der Waals surface area (Å²) in [6.45, 7) is 0.602. The van der Waals surface area contributed by atoms with E-state index in [2.05, 4.69) is 0 Å². The number of hydrogen-bond donors (Lipinski definition) is 4. The number of carboxylic acids is 4. The van der Waals surface area contributed by atoms with E-state index in [1.54, 1.807) is 36.4 Å². The second-order valence-corrected chi connectivity index (χ2v) is 14.8. The van der Waals surface area contributed by atoms with E-state index in [0.717, 1.165) is 22.3 Å². The number of aliphatic carboxylic acids is 4. The van der Waals surface area contributed by atoms with Crippen LogP contribution in [-0.2, 0) is 44.9 Å². The van der Waals surface area contributed by atoms with Crippen molar-refractivity contribution in [2.24, 2.45) is 23.7 Å². The predicted molar refractivity (Wildman–Crippen MR) is 208 cm³/mol. The van der Waals surface area contributed by atoms with E-state index in [9.17, 15) is 29.4 Å². The molecule has 4 aromatic carbocycles. The van der Waals surface area contributed by atoms with Gasteiger partial charge in [0, 0.05) is 12.8 Å². The third-order valence-electron chi connectivity index (χ3n) is 10.9. The molecule has 4 aliphatic rings. The average molecular weight is 829 g/mol. The molecular formula is C44H44O16. The fraction of sp³-hybridized carbons (Fsp3) is 0.364. The summed E-state index contributed by atoms with van der Waals surface area (Å²) < 4.78 is 42.8. The largest absolute Gasteiger partial charge is 0.481 e. The van der Waals surface area contributed by atoms with Crippen LogP contribution >= 0.6 is 0 Å². The Morgan fingerprint density at radius 2 is 0.667 bits per heavy atom. The highest BCUT2D eigenvalue weighted by atomic mass is 16.7. The Balaban J connectivity index is 0.000000181. The highest BCUT2D eigenvalue weighted by Gasteiger charge is 2.32. The van der Waals surface area contributed by atoms with Crippen molar-refractivity contribution in [3.63, 3.8) is 0 Å². The molecule has 0 aliphatic carbocycles. The Morgan fingerprint density at radius 1 is 0.400 bits per heavy atom. The number of carbonyl (C=O) groups is 4. The van der Waals surface area contributed by atoms with E-state index in [4.69, 9.17) is 48.1 Å². The van der Waals surface area contributed by atoms with Crippen LogP contribution in [0.25, 0.3) is 0 Å². The van der Waals surface area contributed by atoms with E-state index in [1.165, 1.54) is 0 Å². The maximum Gasteiger partial charge on any atom is 0.307 e. The zero-order chi connectivity index (χ0) is 42.2. The van der Waals surface area contributed by atoms with Crippen LogP contribution in [0, 0.1) is 23.7 Å². The normalized spacial score (nSPS) is 15.6. The van der Waals surface area contributed by atoms with Gasteiger partial charge in [-0.1, -0.05) is 24.3 Å². The summed E-state index contributed by atoms with van der Waals surface area (Å²) in [6, 6.07) is 21.7. The Labute approximate surface area is 344 Å². The van der Waals surface area contributed by atoms with Gasteiger partial charge < -0.3 is 58.3 Å². The van der Waals surface area contributed by atoms with Gasteiger partial charge in [0.05, 0.1) is 11.8 Å². The maximum absolute atomic E-state index is 12.2. The minimum absolute atomic E-state index is 0.0971. The number of benzene rings is 4. The summed E-state index contributed by atoms with van der Waals surface area (Å²) in [7, 11) is 0. The van der Waals surface area contributed by atoms with E-state index in [-0.39, 0.29) is 77.5 Å². The first-order chi connectivity index (χ1) is 29.0. The lowest BCUT2D eigenvalue weighted by Gasteiger charge is -2.24. The summed E-state index contributed by atoms with van der Waals surface area (Å²) in [6.07, 6.45) is 1.69. The third-order valence-corrected chi connectivity index (χ3v) is 10.9. The van der Waals surface area contributed by atoms with E-state index < -0.39 is 35.7 Å². The van der Waals surface area contributed by atoms with Crippen LogP contribution in [-0.4, -0.2) is 71.5 Å². The number of ether oxygens (including phenoxy) is 8. The van der Waals surface area contributed by atoms with Crippen LogP contribution in [0.4, 0.5) is 0 Å². The van der Waals surface area contributed by atoms with Crippen LogP contribution in [0.1, 0.15) is 47.9 Å². The van der Waals surface area contributed by atoms with Crippen molar-refractivity contribution in [3.05, 3.63) is 95.1 Å². The van der Waals surface area contributed by atoms with Crippen LogP contribution in [0.2, 0.25) is 0 Å². The summed E-state index contributed by atoms with van der Waals surface area (Å²) in [5.74, 6) is -1.07. The van der Waals surface area contributed by atoms with Gasteiger partial charge in [0.1, 0.15) is 0 Å². The molecular weight excluding hydrogens is 784 g/mol. The molecule has 0 bridgehead atoms. The van der Waals surface area contributed by atoms with Crippen molar-refractivity contribution < 1.29 is 77.5 Å². The molecule has 0 saturated heterocycles. The Kier molecular flexibility index (Phi) is 13.0. The molecule has 8 rings (SSSR count). The molecule has 0 saturated carbocycles. The Morgan fingerprint density at radius 3 is 0.933 bits per heavy atom. The molecule has 4 heterocycles. The molecule has 0 radical (unpaired) electrons. The first-order valence-corrected chi connectivity index (χ1v) is 19.4. The summed E-state index contributed by atoms with van der Waals surface area (Å²) in [5, 5.41) is 38.2. The molecule has 4 aromatic rings. The second kappa shape index (κ2) is 18.8. The van der Waals surface area contributed by atoms with Crippen molar-refractivity contribution in [2.45, 2.75) is 51.4 Å². The number of rotatable bonds is 18. The number of hydrogen-bond acceptors (Lipinski definition) is 12. The number of fused-ring (bicyclic) bond motifs is 4. The molecule has 16 heteroatoms. The second-order valence-electron chi connectivity index (χ2n) is 14.8. The zero-order valence-electron chi connectivity index (χ0n) is 32.4. The van der Waals surface area contributed by atoms with Gasteiger partial charge in [0.2, 0.25) is 27.2 Å². The maximum atomic E-state index is 12.2. The van der Waals surface area contributed by atoms with Crippen LogP contribution in [0.15, 0.2) is 72.8 Å². The van der Waals surface area contributed by atoms with E-state index >= 15 is 0 Å². The minimum Gasteiger partial charge on any atom is -0.481 e. The standard InChI is InChI=1S/2C22H22O8/c2*23-21(24)6-3-15(7-13-1-4-17-19(9-13)29-11-27-17)16(22(25)26)8-14-2-5-18-20(10-14)30-12-28-18/h2*1-2,4-5,9-10,15-16H,3,6-8,11-12H2,(H,23,24)(H,25,26)/t2*15-,16-/m10/s1. The van der Waals surface area contributed by atoms with Crippen LogP contribution in [0.5, 0.6) is 46.0 Å². The van der Waals surface area contributed by atoms with Crippen molar-refractivity contribution in [1.29, 1.82) is 0 Å². The highest BCUT2D eigenvalue weighted by molar-refractivity contribution is 5.72. The first-order valence-electron chi connectivity index (χ1n) is 19.4. The zero-order valence-corrected chi connectivity index (χ0v) is 32.4. The molecule has 316 valence electrons. The lowest BCUT2D eigenvalue weighted by molar-refractivity contribution is -0.145. The minimum atomic E-state index is -0.955. The molecule has 4 atom stereocenters. The molecule has 0 spiro atoms. The first kappa shape index (κ1) is 41.3. The van der Waals surface area contributed by atoms with Crippen LogP contribution < -0.4 is 37.9 Å². The van der Waals surface area contributed by atoms with E-state index in [1.807, 2.05) is 36.4 Å². The van der Waals surface area contributed by atoms with Crippen LogP contribution in [0.3, 0.4) is 0 Å².